The van der Waals surface area contributed by atoms with Crippen molar-refractivity contribution in [3.8, 4) is 0 Å². The average Bonchev–Trinajstić information content (AvgIpc) is 3.17. The molecule has 8 heteroatoms. The Hall–Kier alpha value is -2.45. The molecular formula is C17H15N2O5S-. The normalized spacial score (nSPS) is 20.6. The lowest BCUT2D eigenvalue weighted by atomic mass is 10.1. The molecule has 2 heterocycles. The molecule has 4 rings (SSSR count). The molecule has 1 atom stereocenters. The molecule has 1 unspecified atom stereocenters. The van der Waals surface area contributed by atoms with E-state index in [-0.39, 0.29) is 23.8 Å². The Morgan fingerprint density at radius 1 is 1.24 bits per heavy atom. The largest absolute Gasteiger partial charge is 0.548 e. The molecule has 7 nitrogen and oxygen atoms in total. The lowest BCUT2D eigenvalue weighted by molar-refractivity contribution is -0.309. The molecule has 2 aliphatic heterocycles. The van der Waals surface area contributed by atoms with Gasteiger partial charge in [-0.05, 0) is 31.0 Å². The van der Waals surface area contributed by atoms with Crippen LogP contribution in [0.2, 0.25) is 0 Å². The fourth-order valence-corrected chi connectivity index (χ4v) is 5.56. The molecule has 130 valence electrons. The average molecular weight is 359 g/mol. The smallest absolute Gasteiger partial charge is 0.258 e. The second-order valence-electron chi connectivity index (χ2n) is 6.27. The summed E-state index contributed by atoms with van der Waals surface area (Å²) in [6.45, 7) is 0.142. The van der Waals surface area contributed by atoms with Crippen LogP contribution in [0.5, 0.6) is 0 Å². The zero-order valence-corrected chi connectivity index (χ0v) is 14.2. The van der Waals surface area contributed by atoms with Gasteiger partial charge in [0.15, 0.2) is 0 Å². The van der Waals surface area contributed by atoms with Crippen LogP contribution in [0.1, 0.15) is 23.2 Å². The van der Waals surface area contributed by atoms with E-state index in [1.54, 1.807) is 31.3 Å². The van der Waals surface area contributed by atoms with Gasteiger partial charge in [0.1, 0.15) is 0 Å². The Morgan fingerprint density at radius 3 is 2.72 bits per heavy atom. The summed E-state index contributed by atoms with van der Waals surface area (Å²) in [6.07, 6.45) is 0.713. The molecule has 0 bridgehead atoms. The molecule has 0 aliphatic carbocycles. The number of amides is 1. The van der Waals surface area contributed by atoms with Gasteiger partial charge in [-0.2, -0.15) is 4.31 Å². The lowest BCUT2D eigenvalue weighted by Crippen LogP contribution is -2.46. The third kappa shape index (κ3) is 2.11. The van der Waals surface area contributed by atoms with Crippen molar-refractivity contribution < 1.29 is 23.1 Å². The van der Waals surface area contributed by atoms with Crippen LogP contribution < -0.4 is 10.0 Å². The first kappa shape index (κ1) is 16.0. The van der Waals surface area contributed by atoms with Gasteiger partial charge in [-0.1, -0.05) is 12.1 Å². The van der Waals surface area contributed by atoms with Crippen LogP contribution in [0.3, 0.4) is 0 Å². The number of hydrogen-bond donors (Lipinski definition) is 0. The third-order valence-electron chi connectivity index (χ3n) is 4.94. The van der Waals surface area contributed by atoms with Gasteiger partial charge < -0.3 is 14.8 Å². The maximum absolute atomic E-state index is 13.1. The van der Waals surface area contributed by atoms with Crippen molar-refractivity contribution in [2.24, 2.45) is 0 Å². The van der Waals surface area contributed by atoms with E-state index in [9.17, 15) is 23.1 Å². The number of carbonyl (C=O) groups excluding carboxylic acids is 2. The van der Waals surface area contributed by atoms with Crippen LogP contribution in [0.15, 0.2) is 35.2 Å². The molecule has 1 amide bonds. The van der Waals surface area contributed by atoms with Gasteiger partial charge in [0.05, 0.1) is 22.6 Å². The minimum atomic E-state index is -4.02. The van der Waals surface area contributed by atoms with Crippen molar-refractivity contribution >= 4 is 38.4 Å². The predicted octanol–water partition coefficient (Wildman–Crippen LogP) is 0.333. The molecular weight excluding hydrogens is 344 g/mol. The Morgan fingerprint density at radius 2 is 2.00 bits per heavy atom. The van der Waals surface area contributed by atoms with Gasteiger partial charge in [-0.15, -0.1) is 0 Å². The lowest BCUT2D eigenvalue weighted by Gasteiger charge is -2.25. The van der Waals surface area contributed by atoms with E-state index < -0.39 is 22.0 Å². The van der Waals surface area contributed by atoms with E-state index in [4.69, 9.17) is 0 Å². The molecule has 0 saturated carbocycles. The van der Waals surface area contributed by atoms with Crippen molar-refractivity contribution in [2.75, 3.05) is 18.5 Å². The van der Waals surface area contributed by atoms with E-state index in [0.717, 1.165) is 4.31 Å². The minimum absolute atomic E-state index is 0.0179. The summed E-state index contributed by atoms with van der Waals surface area (Å²) in [7, 11) is -2.38. The topological polar surface area (TPSA) is 97.8 Å². The molecule has 0 aromatic heterocycles. The van der Waals surface area contributed by atoms with Crippen molar-refractivity contribution in [1.82, 2.24) is 4.31 Å². The Balaban J connectivity index is 1.95. The van der Waals surface area contributed by atoms with Crippen LogP contribution in [0, 0.1) is 0 Å². The summed E-state index contributed by atoms with van der Waals surface area (Å²) in [5.41, 5.74) is 1.09. The van der Waals surface area contributed by atoms with Crippen LogP contribution in [-0.2, 0) is 14.8 Å². The maximum Gasteiger partial charge on any atom is 0.258 e. The molecule has 0 radical (unpaired) electrons. The van der Waals surface area contributed by atoms with Gasteiger partial charge in [-0.3, -0.25) is 4.79 Å². The maximum atomic E-state index is 13.1. The Kier molecular flexibility index (Phi) is 3.38. The zero-order chi connectivity index (χ0) is 17.9. The molecule has 1 saturated heterocycles. The number of anilines is 1. The molecule has 1 fully saturated rings. The number of rotatable bonds is 3. The van der Waals surface area contributed by atoms with E-state index in [0.29, 0.717) is 28.4 Å². The number of sulfonamides is 1. The van der Waals surface area contributed by atoms with Crippen LogP contribution >= 0.6 is 0 Å². The molecule has 2 aromatic carbocycles. The first-order chi connectivity index (χ1) is 11.8. The Bertz CT molecular complexity index is 1030. The van der Waals surface area contributed by atoms with Crippen LogP contribution in [0.25, 0.3) is 10.8 Å². The molecule has 2 aromatic rings. The standard InChI is InChI=1S/C17H16N2O5S/c1-18-12-7-8-14(10-4-2-5-11(15(10)12)16(18)20)25(23,24)19-9-3-6-13(19)17(21)22/h2,4-5,7-8,13H,3,6,9H2,1H3,(H,21,22)/p-1. The SMILES string of the molecule is CN1C(=O)c2cccc3c(S(=O)(=O)N4CCCC4C(=O)[O-])ccc1c23. The first-order valence-corrected chi connectivity index (χ1v) is 9.34. The molecule has 0 spiro atoms. The summed E-state index contributed by atoms with van der Waals surface area (Å²) in [5, 5.41) is 12.3. The highest BCUT2D eigenvalue weighted by Gasteiger charge is 2.38. The van der Waals surface area contributed by atoms with Crippen molar-refractivity contribution in [1.29, 1.82) is 0 Å². The summed E-state index contributed by atoms with van der Waals surface area (Å²) < 4.78 is 27.2. The summed E-state index contributed by atoms with van der Waals surface area (Å²) >= 11 is 0. The van der Waals surface area contributed by atoms with Crippen LogP contribution in [0.4, 0.5) is 5.69 Å². The van der Waals surface area contributed by atoms with Gasteiger partial charge in [0, 0.05) is 29.9 Å². The number of carbonyl (C=O) groups is 2. The van der Waals surface area contributed by atoms with E-state index >= 15 is 0 Å². The fraction of sp³-hybridized carbons (Fsp3) is 0.294. The molecule has 2 aliphatic rings. The number of hydrogen-bond acceptors (Lipinski definition) is 5. The number of nitrogens with zero attached hydrogens (tertiary/aromatic N) is 2. The van der Waals surface area contributed by atoms with Gasteiger partial charge in [0.2, 0.25) is 10.0 Å². The summed E-state index contributed by atoms with van der Waals surface area (Å²) in [5.74, 6) is -1.58. The van der Waals surface area contributed by atoms with E-state index in [1.807, 2.05) is 0 Å². The van der Waals surface area contributed by atoms with E-state index in [2.05, 4.69) is 0 Å². The van der Waals surface area contributed by atoms with Crippen molar-refractivity contribution in [3.05, 3.63) is 35.9 Å². The number of carboxylic acids is 1. The van der Waals surface area contributed by atoms with Gasteiger partial charge in [0.25, 0.3) is 5.91 Å². The highest BCUT2D eigenvalue weighted by molar-refractivity contribution is 7.89. The fourth-order valence-electron chi connectivity index (χ4n) is 3.72. The predicted molar refractivity (Wildman–Crippen MR) is 88.6 cm³/mol. The van der Waals surface area contributed by atoms with Crippen molar-refractivity contribution in [3.63, 3.8) is 0 Å². The zero-order valence-electron chi connectivity index (χ0n) is 13.4. The number of aliphatic carboxylic acids is 1. The monoisotopic (exact) mass is 359 g/mol. The summed E-state index contributed by atoms with van der Waals surface area (Å²) in [6, 6.07) is 6.82. The number of benzene rings is 2. The van der Waals surface area contributed by atoms with Crippen LogP contribution in [-0.4, -0.2) is 44.2 Å². The van der Waals surface area contributed by atoms with Gasteiger partial charge >= 0.3 is 0 Å². The first-order valence-electron chi connectivity index (χ1n) is 7.90. The van der Waals surface area contributed by atoms with Crippen molar-refractivity contribution in [2.45, 2.75) is 23.8 Å². The number of carboxylic acid groups (broad SMARTS) is 1. The second kappa shape index (κ2) is 5.27. The Labute approximate surface area is 144 Å². The molecule has 0 N–H and O–H groups in total. The third-order valence-corrected chi connectivity index (χ3v) is 6.90. The highest BCUT2D eigenvalue weighted by Crippen LogP contribution is 2.40. The second-order valence-corrected chi connectivity index (χ2v) is 8.13. The highest BCUT2D eigenvalue weighted by atomic mass is 32.2. The summed E-state index contributed by atoms with van der Waals surface area (Å²) in [4.78, 5) is 25.1. The molecule has 25 heavy (non-hydrogen) atoms. The quantitative estimate of drug-likeness (QED) is 0.787. The van der Waals surface area contributed by atoms with E-state index in [1.165, 1.54) is 11.0 Å². The van der Waals surface area contributed by atoms with Gasteiger partial charge in [-0.25, -0.2) is 8.42 Å². The minimum Gasteiger partial charge on any atom is -0.548 e.